The van der Waals surface area contributed by atoms with Crippen molar-refractivity contribution in [3.05, 3.63) is 18.5 Å². The molecule has 0 aliphatic carbocycles. The fourth-order valence-corrected chi connectivity index (χ4v) is 1.02. The van der Waals surface area contributed by atoms with Gasteiger partial charge < -0.3 is 0 Å². The second kappa shape index (κ2) is 2.51. The van der Waals surface area contributed by atoms with E-state index in [1.165, 1.54) is 18.5 Å². The lowest BCUT2D eigenvalue weighted by Gasteiger charge is -1.88. The van der Waals surface area contributed by atoms with E-state index >= 15 is 0 Å². The first-order valence-corrected chi connectivity index (χ1v) is 4.63. The average Bonchev–Trinajstić information content (AvgIpc) is 1.88. The Labute approximate surface area is 62.3 Å². The SMILES string of the molecule is O=S(=O)(Cl)c1ncccn1. The van der Waals surface area contributed by atoms with Crippen molar-refractivity contribution < 1.29 is 8.42 Å². The highest BCUT2D eigenvalue weighted by Crippen LogP contribution is 2.05. The van der Waals surface area contributed by atoms with Gasteiger partial charge in [-0.15, -0.1) is 0 Å². The van der Waals surface area contributed by atoms with Gasteiger partial charge in [0.05, 0.1) is 0 Å². The second-order valence-electron chi connectivity index (χ2n) is 1.47. The lowest BCUT2D eigenvalue weighted by molar-refractivity contribution is 0.601. The zero-order valence-corrected chi connectivity index (χ0v) is 6.30. The molecule has 0 amide bonds. The van der Waals surface area contributed by atoms with Crippen molar-refractivity contribution in [1.29, 1.82) is 0 Å². The molecule has 0 aromatic carbocycles. The predicted octanol–water partition coefficient (Wildman–Crippen LogP) is 0.404. The summed E-state index contributed by atoms with van der Waals surface area (Å²) < 4.78 is 20.9. The Hall–Kier alpha value is -0.680. The minimum Gasteiger partial charge on any atom is -0.226 e. The van der Waals surface area contributed by atoms with Gasteiger partial charge in [-0.25, -0.2) is 18.4 Å². The maximum absolute atomic E-state index is 10.5. The van der Waals surface area contributed by atoms with Crippen LogP contribution in [0.4, 0.5) is 0 Å². The Kier molecular flexibility index (Phi) is 1.87. The molecule has 0 radical (unpaired) electrons. The molecule has 0 aliphatic heterocycles. The zero-order valence-electron chi connectivity index (χ0n) is 4.73. The van der Waals surface area contributed by atoms with Gasteiger partial charge in [-0.05, 0) is 6.07 Å². The van der Waals surface area contributed by atoms with Gasteiger partial charge in [-0.2, -0.15) is 0 Å². The van der Waals surface area contributed by atoms with Crippen LogP contribution in [0.25, 0.3) is 0 Å². The zero-order chi connectivity index (χ0) is 7.61. The van der Waals surface area contributed by atoms with Crippen molar-refractivity contribution in [2.75, 3.05) is 0 Å². The predicted molar refractivity (Wildman–Crippen MR) is 35.1 cm³/mol. The molecule has 6 heteroatoms. The Morgan fingerprint density at radius 2 is 1.80 bits per heavy atom. The standard InChI is InChI=1S/C4H3ClN2O2S/c5-10(8,9)4-6-2-1-3-7-4/h1-3H. The first kappa shape index (κ1) is 7.43. The molecule has 1 aromatic heterocycles. The Balaban J connectivity index is 3.22. The van der Waals surface area contributed by atoms with Gasteiger partial charge in [-0.3, -0.25) is 0 Å². The van der Waals surface area contributed by atoms with Gasteiger partial charge in [0, 0.05) is 23.1 Å². The topological polar surface area (TPSA) is 59.9 Å². The van der Waals surface area contributed by atoms with Crippen molar-refractivity contribution in [3.8, 4) is 0 Å². The summed E-state index contributed by atoms with van der Waals surface area (Å²) in [6.45, 7) is 0. The Bertz CT molecular complexity index is 309. The van der Waals surface area contributed by atoms with Crippen LogP contribution in [0.3, 0.4) is 0 Å². The van der Waals surface area contributed by atoms with Crippen molar-refractivity contribution in [1.82, 2.24) is 9.97 Å². The third-order valence-electron chi connectivity index (χ3n) is 0.760. The molecule has 0 bridgehead atoms. The number of hydrogen-bond acceptors (Lipinski definition) is 4. The largest absolute Gasteiger partial charge is 0.296 e. The molecule has 0 unspecified atom stereocenters. The van der Waals surface area contributed by atoms with E-state index in [2.05, 4.69) is 9.97 Å². The minimum atomic E-state index is -3.75. The molecule has 0 aliphatic rings. The summed E-state index contributed by atoms with van der Waals surface area (Å²) in [7, 11) is 1.15. The summed E-state index contributed by atoms with van der Waals surface area (Å²) in [6, 6.07) is 1.51. The van der Waals surface area contributed by atoms with Gasteiger partial charge in [0.25, 0.3) is 14.2 Å². The quantitative estimate of drug-likeness (QED) is 0.462. The molecule has 1 heterocycles. The minimum absolute atomic E-state index is 0.364. The lowest BCUT2D eigenvalue weighted by atomic mass is 10.7. The van der Waals surface area contributed by atoms with E-state index < -0.39 is 9.05 Å². The van der Waals surface area contributed by atoms with E-state index in [0.717, 1.165) is 0 Å². The van der Waals surface area contributed by atoms with Crippen LogP contribution in [-0.2, 0) is 9.05 Å². The van der Waals surface area contributed by atoms with Gasteiger partial charge in [0.2, 0.25) is 0 Å². The lowest BCUT2D eigenvalue weighted by Crippen LogP contribution is -1.96. The first-order chi connectivity index (χ1) is 4.61. The summed E-state index contributed by atoms with van der Waals surface area (Å²) >= 11 is 0. The van der Waals surface area contributed by atoms with E-state index in [1.807, 2.05) is 0 Å². The number of nitrogens with zero attached hydrogens (tertiary/aromatic N) is 2. The van der Waals surface area contributed by atoms with Gasteiger partial charge in [0.1, 0.15) is 0 Å². The van der Waals surface area contributed by atoms with E-state index in [4.69, 9.17) is 10.7 Å². The molecule has 54 valence electrons. The van der Waals surface area contributed by atoms with Crippen molar-refractivity contribution >= 4 is 19.7 Å². The maximum atomic E-state index is 10.5. The summed E-state index contributed by atoms with van der Waals surface area (Å²) in [5.41, 5.74) is 0. The molecule has 0 spiro atoms. The van der Waals surface area contributed by atoms with Crippen LogP contribution in [0.5, 0.6) is 0 Å². The summed E-state index contributed by atoms with van der Waals surface area (Å²) in [6.07, 6.45) is 2.62. The van der Waals surface area contributed by atoms with E-state index in [1.54, 1.807) is 0 Å². The van der Waals surface area contributed by atoms with Gasteiger partial charge in [0.15, 0.2) is 0 Å². The van der Waals surface area contributed by atoms with Crippen molar-refractivity contribution in [2.45, 2.75) is 5.16 Å². The van der Waals surface area contributed by atoms with Crippen LogP contribution in [-0.4, -0.2) is 18.4 Å². The highest BCUT2D eigenvalue weighted by molar-refractivity contribution is 8.13. The highest BCUT2D eigenvalue weighted by atomic mass is 35.7. The third-order valence-corrected chi connectivity index (χ3v) is 1.82. The van der Waals surface area contributed by atoms with Crippen molar-refractivity contribution in [2.24, 2.45) is 0 Å². The summed E-state index contributed by atoms with van der Waals surface area (Å²) in [5.74, 6) is 0. The van der Waals surface area contributed by atoms with Crippen LogP contribution in [0.1, 0.15) is 0 Å². The summed E-state index contributed by atoms with van der Waals surface area (Å²) in [5, 5.41) is -0.364. The van der Waals surface area contributed by atoms with E-state index in [9.17, 15) is 8.42 Å². The maximum Gasteiger partial charge on any atom is 0.296 e. The normalized spacial score (nSPS) is 11.3. The molecule has 0 saturated heterocycles. The summed E-state index contributed by atoms with van der Waals surface area (Å²) in [4.78, 5) is 6.84. The monoisotopic (exact) mass is 178 g/mol. The molecule has 0 saturated carbocycles. The first-order valence-electron chi connectivity index (χ1n) is 2.32. The molecule has 4 nitrogen and oxygen atoms in total. The van der Waals surface area contributed by atoms with Crippen LogP contribution in [0, 0.1) is 0 Å². The van der Waals surface area contributed by atoms with Gasteiger partial charge >= 0.3 is 0 Å². The van der Waals surface area contributed by atoms with E-state index in [-0.39, 0.29) is 5.16 Å². The molecule has 1 rings (SSSR count). The van der Waals surface area contributed by atoms with Crippen molar-refractivity contribution in [3.63, 3.8) is 0 Å². The van der Waals surface area contributed by atoms with E-state index in [0.29, 0.717) is 0 Å². The average molecular weight is 179 g/mol. The second-order valence-corrected chi connectivity index (χ2v) is 3.93. The number of halogens is 1. The molecular weight excluding hydrogens is 176 g/mol. The Morgan fingerprint density at radius 3 is 2.10 bits per heavy atom. The Morgan fingerprint density at radius 1 is 1.30 bits per heavy atom. The van der Waals surface area contributed by atoms with Crippen LogP contribution in [0.15, 0.2) is 23.6 Å². The number of aromatic nitrogens is 2. The molecule has 0 N–H and O–H groups in total. The van der Waals surface area contributed by atoms with Gasteiger partial charge in [-0.1, -0.05) is 0 Å². The fraction of sp³-hybridized carbons (Fsp3) is 0. The highest BCUT2D eigenvalue weighted by Gasteiger charge is 2.11. The molecule has 1 aromatic rings. The smallest absolute Gasteiger partial charge is 0.226 e. The van der Waals surface area contributed by atoms with Crippen LogP contribution < -0.4 is 0 Å². The van der Waals surface area contributed by atoms with Crippen LogP contribution in [0.2, 0.25) is 0 Å². The third kappa shape index (κ3) is 1.65. The number of rotatable bonds is 1. The van der Waals surface area contributed by atoms with Crippen LogP contribution >= 0.6 is 10.7 Å². The molecule has 0 fully saturated rings. The fourth-order valence-electron chi connectivity index (χ4n) is 0.411. The molecular formula is C4H3ClN2O2S. The number of hydrogen-bond donors (Lipinski definition) is 0. The molecule has 0 atom stereocenters. The molecule has 10 heavy (non-hydrogen) atoms.